The highest BCUT2D eigenvalue weighted by Gasteiger charge is 2.25. The molecule has 0 aromatic carbocycles. The minimum absolute atomic E-state index is 0.0121. The zero-order valence-electron chi connectivity index (χ0n) is 15.1. The normalized spacial score (nSPS) is 15.9. The summed E-state index contributed by atoms with van der Waals surface area (Å²) in [7, 11) is 0. The van der Waals surface area contributed by atoms with Crippen molar-refractivity contribution in [3.05, 3.63) is 57.6 Å². The van der Waals surface area contributed by atoms with Crippen LogP contribution in [0.5, 0.6) is 0 Å². The Bertz CT molecular complexity index is 1020. The molecule has 0 radical (unpaired) electrons. The van der Waals surface area contributed by atoms with E-state index in [0.29, 0.717) is 12.4 Å². The standard InChI is InChI=1S/C19H21N5O2S/c1-13-3-2-4-16(20-13)22-18(26)14-5-7-23(8-6-14)12-15-11-17(25)24-9-10-27-19(24)21-15/h2-4,9-11,14H,5-8,12H2,1H3,(H,20,22,26). The maximum Gasteiger partial charge on any atom is 0.258 e. The van der Waals surface area contributed by atoms with Gasteiger partial charge in [0, 0.05) is 35.8 Å². The van der Waals surface area contributed by atoms with Crippen LogP contribution in [0.3, 0.4) is 0 Å². The molecule has 0 unspecified atom stereocenters. The minimum Gasteiger partial charge on any atom is -0.310 e. The number of anilines is 1. The lowest BCUT2D eigenvalue weighted by atomic mass is 9.96. The highest BCUT2D eigenvalue weighted by Crippen LogP contribution is 2.20. The van der Waals surface area contributed by atoms with Crippen molar-refractivity contribution in [3.63, 3.8) is 0 Å². The molecule has 0 bridgehead atoms. The predicted octanol–water partition coefficient (Wildman–Crippen LogP) is 2.31. The Balaban J connectivity index is 1.34. The number of pyridine rings is 1. The zero-order chi connectivity index (χ0) is 18.8. The topological polar surface area (TPSA) is 79.6 Å². The van der Waals surface area contributed by atoms with Gasteiger partial charge in [0.25, 0.3) is 5.56 Å². The van der Waals surface area contributed by atoms with Gasteiger partial charge in [0.1, 0.15) is 5.82 Å². The maximum absolute atomic E-state index is 12.5. The minimum atomic E-state index is -0.0452. The van der Waals surface area contributed by atoms with E-state index < -0.39 is 0 Å². The number of carbonyl (C=O) groups is 1. The molecule has 4 rings (SSSR count). The number of hydrogen-bond donors (Lipinski definition) is 1. The third-order valence-corrected chi connectivity index (χ3v) is 5.60. The van der Waals surface area contributed by atoms with Crippen LogP contribution in [-0.4, -0.2) is 38.3 Å². The van der Waals surface area contributed by atoms with E-state index in [0.717, 1.165) is 42.3 Å². The van der Waals surface area contributed by atoms with Crippen LogP contribution < -0.4 is 10.9 Å². The smallest absolute Gasteiger partial charge is 0.258 e. The van der Waals surface area contributed by atoms with E-state index in [1.807, 2.05) is 30.5 Å². The summed E-state index contributed by atoms with van der Waals surface area (Å²) in [6.45, 7) is 4.16. The Morgan fingerprint density at radius 2 is 2.11 bits per heavy atom. The summed E-state index contributed by atoms with van der Waals surface area (Å²) >= 11 is 1.46. The Kier molecular flexibility index (Phi) is 5.00. The monoisotopic (exact) mass is 383 g/mol. The summed E-state index contributed by atoms with van der Waals surface area (Å²) in [4.78, 5) is 36.4. The molecule has 1 amide bonds. The van der Waals surface area contributed by atoms with Crippen molar-refractivity contribution in [1.29, 1.82) is 0 Å². The average molecular weight is 383 g/mol. The summed E-state index contributed by atoms with van der Waals surface area (Å²) in [5.41, 5.74) is 1.62. The van der Waals surface area contributed by atoms with Crippen LogP contribution in [-0.2, 0) is 11.3 Å². The third-order valence-electron chi connectivity index (χ3n) is 4.84. The first-order chi connectivity index (χ1) is 13.1. The summed E-state index contributed by atoms with van der Waals surface area (Å²) < 4.78 is 1.56. The molecule has 0 saturated carbocycles. The number of aryl methyl sites for hydroxylation is 1. The summed E-state index contributed by atoms with van der Waals surface area (Å²) in [5, 5.41) is 4.78. The van der Waals surface area contributed by atoms with Crippen molar-refractivity contribution in [2.75, 3.05) is 18.4 Å². The van der Waals surface area contributed by atoms with Gasteiger partial charge in [-0.1, -0.05) is 6.07 Å². The molecule has 0 spiro atoms. The lowest BCUT2D eigenvalue weighted by Gasteiger charge is -2.30. The van der Waals surface area contributed by atoms with E-state index in [1.165, 1.54) is 11.3 Å². The fourth-order valence-electron chi connectivity index (χ4n) is 3.39. The molecule has 140 valence electrons. The quantitative estimate of drug-likeness (QED) is 0.748. The number of rotatable bonds is 4. The van der Waals surface area contributed by atoms with Gasteiger partial charge in [-0.15, -0.1) is 11.3 Å². The Labute approximate surface area is 160 Å². The number of piperidine rings is 1. The number of aromatic nitrogens is 3. The van der Waals surface area contributed by atoms with Crippen molar-refractivity contribution in [1.82, 2.24) is 19.3 Å². The maximum atomic E-state index is 12.5. The van der Waals surface area contributed by atoms with Crippen molar-refractivity contribution in [3.8, 4) is 0 Å². The van der Waals surface area contributed by atoms with E-state index in [-0.39, 0.29) is 17.4 Å². The van der Waals surface area contributed by atoms with Gasteiger partial charge in [-0.25, -0.2) is 9.97 Å². The molecule has 1 aliphatic heterocycles. The number of hydrogen-bond acceptors (Lipinski definition) is 6. The SMILES string of the molecule is Cc1cccc(NC(=O)C2CCN(Cc3cc(=O)n4ccsc4n3)CC2)n1. The number of likely N-dealkylation sites (tertiary alicyclic amines) is 1. The molecule has 3 aromatic heterocycles. The number of nitrogens with one attached hydrogen (secondary N) is 1. The molecule has 1 N–H and O–H groups in total. The molecule has 3 aromatic rings. The molecule has 7 nitrogen and oxygen atoms in total. The fraction of sp³-hybridized carbons (Fsp3) is 0.368. The van der Waals surface area contributed by atoms with Crippen LogP contribution in [0.1, 0.15) is 24.2 Å². The van der Waals surface area contributed by atoms with E-state index in [4.69, 9.17) is 0 Å². The van der Waals surface area contributed by atoms with E-state index in [1.54, 1.807) is 16.7 Å². The Morgan fingerprint density at radius 3 is 2.89 bits per heavy atom. The lowest BCUT2D eigenvalue weighted by molar-refractivity contribution is -0.121. The van der Waals surface area contributed by atoms with Gasteiger partial charge in [-0.2, -0.15) is 0 Å². The van der Waals surface area contributed by atoms with E-state index in [9.17, 15) is 9.59 Å². The number of carbonyl (C=O) groups excluding carboxylic acids is 1. The molecule has 27 heavy (non-hydrogen) atoms. The molecule has 0 aliphatic carbocycles. The Morgan fingerprint density at radius 1 is 1.30 bits per heavy atom. The highest BCUT2D eigenvalue weighted by atomic mass is 32.1. The molecule has 8 heteroatoms. The van der Waals surface area contributed by atoms with E-state index in [2.05, 4.69) is 20.2 Å². The van der Waals surface area contributed by atoms with Crippen LogP contribution in [0.15, 0.2) is 40.6 Å². The molecule has 4 heterocycles. The lowest BCUT2D eigenvalue weighted by Crippen LogP contribution is -2.38. The van der Waals surface area contributed by atoms with Gasteiger partial charge in [0.15, 0.2) is 4.96 Å². The van der Waals surface area contributed by atoms with Crippen molar-refractivity contribution in [2.24, 2.45) is 5.92 Å². The largest absolute Gasteiger partial charge is 0.310 e. The van der Waals surface area contributed by atoms with Crippen LogP contribution >= 0.6 is 11.3 Å². The second kappa shape index (κ2) is 7.58. The van der Waals surface area contributed by atoms with E-state index >= 15 is 0 Å². The van der Waals surface area contributed by atoms with Gasteiger partial charge in [0.2, 0.25) is 5.91 Å². The first-order valence-electron chi connectivity index (χ1n) is 9.01. The second-order valence-electron chi connectivity index (χ2n) is 6.85. The molecular formula is C19H21N5O2S. The van der Waals surface area contributed by atoms with Gasteiger partial charge in [-0.3, -0.25) is 18.9 Å². The first kappa shape index (κ1) is 17.8. The fourth-order valence-corrected chi connectivity index (χ4v) is 4.13. The van der Waals surface area contributed by atoms with Gasteiger partial charge in [0.05, 0.1) is 5.69 Å². The van der Waals surface area contributed by atoms with Crippen molar-refractivity contribution >= 4 is 28.0 Å². The second-order valence-corrected chi connectivity index (χ2v) is 7.72. The number of fused-ring (bicyclic) bond motifs is 1. The molecular weight excluding hydrogens is 362 g/mol. The van der Waals surface area contributed by atoms with Crippen molar-refractivity contribution in [2.45, 2.75) is 26.3 Å². The predicted molar refractivity (Wildman–Crippen MR) is 105 cm³/mol. The molecule has 1 saturated heterocycles. The number of thiazole rings is 1. The van der Waals surface area contributed by atoms with Gasteiger partial charge >= 0.3 is 0 Å². The van der Waals surface area contributed by atoms with Crippen LogP contribution in [0.25, 0.3) is 4.96 Å². The average Bonchev–Trinajstić information content (AvgIpc) is 3.11. The summed E-state index contributed by atoms with van der Waals surface area (Å²) in [6, 6.07) is 7.20. The van der Waals surface area contributed by atoms with Crippen LogP contribution in [0, 0.1) is 12.8 Å². The third kappa shape index (κ3) is 4.06. The molecule has 1 aliphatic rings. The summed E-state index contributed by atoms with van der Waals surface area (Å²) in [6.07, 6.45) is 3.32. The first-order valence-corrected chi connectivity index (χ1v) is 9.89. The van der Waals surface area contributed by atoms with Crippen LogP contribution in [0.2, 0.25) is 0 Å². The van der Waals surface area contributed by atoms with Crippen molar-refractivity contribution < 1.29 is 4.79 Å². The zero-order valence-corrected chi connectivity index (χ0v) is 15.9. The molecule has 1 fully saturated rings. The highest BCUT2D eigenvalue weighted by molar-refractivity contribution is 7.15. The van der Waals surface area contributed by atoms with Gasteiger partial charge in [-0.05, 0) is 45.0 Å². The summed E-state index contributed by atoms with van der Waals surface area (Å²) in [5.74, 6) is 0.627. The number of amides is 1. The number of nitrogens with zero attached hydrogens (tertiary/aromatic N) is 4. The molecule has 0 atom stereocenters. The van der Waals surface area contributed by atoms with Crippen LogP contribution in [0.4, 0.5) is 5.82 Å². The van der Waals surface area contributed by atoms with Gasteiger partial charge < -0.3 is 5.32 Å². The Hall–Kier alpha value is -2.58.